The van der Waals surface area contributed by atoms with Crippen LogP contribution in [0.15, 0.2) is 0 Å². The summed E-state index contributed by atoms with van der Waals surface area (Å²) in [6.45, 7) is 5.61. The average Bonchev–Trinajstić information content (AvgIpc) is 2.16. The van der Waals surface area contributed by atoms with Crippen molar-refractivity contribution < 1.29 is 4.79 Å². The molecule has 2 aliphatic heterocycles. The van der Waals surface area contributed by atoms with Gasteiger partial charge in [-0.1, -0.05) is 6.92 Å². The fraction of sp³-hybridized carbons (Fsp3) is 0.889. The molecule has 0 saturated carbocycles. The molecule has 0 aromatic heterocycles. The maximum atomic E-state index is 11.1. The standard InChI is InChI=1S/C9H17N3O/c1-2-7-5-12-6-9(13)11-4-8(12)3-10-7/h7-8,10H,2-6H2,1H3,(H,11,13). The zero-order valence-electron chi connectivity index (χ0n) is 8.05. The van der Waals surface area contributed by atoms with Crippen LogP contribution in [0.25, 0.3) is 0 Å². The Hall–Kier alpha value is -0.610. The number of carbonyl (C=O) groups excluding carboxylic acids is 1. The van der Waals surface area contributed by atoms with Crippen LogP contribution in [0.3, 0.4) is 0 Å². The molecule has 0 aromatic rings. The van der Waals surface area contributed by atoms with Crippen LogP contribution in [-0.2, 0) is 4.79 Å². The maximum absolute atomic E-state index is 11.1. The molecule has 2 aliphatic rings. The van der Waals surface area contributed by atoms with Gasteiger partial charge in [-0.2, -0.15) is 0 Å². The number of rotatable bonds is 1. The summed E-state index contributed by atoms with van der Waals surface area (Å²) in [4.78, 5) is 13.4. The van der Waals surface area contributed by atoms with Crippen molar-refractivity contribution in [2.24, 2.45) is 0 Å². The average molecular weight is 183 g/mol. The van der Waals surface area contributed by atoms with E-state index in [1.165, 1.54) is 0 Å². The summed E-state index contributed by atoms with van der Waals surface area (Å²) in [6.07, 6.45) is 1.14. The van der Waals surface area contributed by atoms with E-state index in [9.17, 15) is 4.79 Å². The van der Waals surface area contributed by atoms with Crippen LogP contribution in [0.4, 0.5) is 0 Å². The topological polar surface area (TPSA) is 44.4 Å². The van der Waals surface area contributed by atoms with Crippen LogP contribution in [0, 0.1) is 0 Å². The molecule has 4 heteroatoms. The molecule has 4 nitrogen and oxygen atoms in total. The Morgan fingerprint density at radius 1 is 1.54 bits per heavy atom. The highest BCUT2D eigenvalue weighted by Gasteiger charge is 2.31. The third kappa shape index (κ3) is 1.84. The minimum Gasteiger partial charge on any atom is -0.353 e. The molecule has 2 saturated heterocycles. The van der Waals surface area contributed by atoms with Crippen molar-refractivity contribution in [2.45, 2.75) is 25.4 Å². The van der Waals surface area contributed by atoms with Crippen LogP contribution < -0.4 is 10.6 Å². The van der Waals surface area contributed by atoms with Crippen molar-refractivity contribution in [3.05, 3.63) is 0 Å². The Labute approximate surface area is 78.7 Å². The third-order valence-electron chi connectivity index (χ3n) is 2.99. The predicted octanol–water partition coefficient (Wildman–Crippen LogP) is -0.831. The molecular formula is C9H17N3O. The minimum absolute atomic E-state index is 0.174. The molecule has 2 atom stereocenters. The van der Waals surface area contributed by atoms with Gasteiger partial charge in [-0.15, -0.1) is 0 Å². The SMILES string of the molecule is CCC1CN2CC(=O)NCC2CN1. The molecule has 13 heavy (non-hydrogen) atoms. The molecular weight excluding hydrogens is 166 g/mol. The van der Waals surface area contributed by atoms with Crippen molar-refractivity contribution in [1.82, 2.24) is 15.5 Å². The second-order valence-electron chi connectivity index (χ2n) is 3.90. The molecule has 1 amide bonds. The number of nitrogens with one attached hydrogen (secondary N) is 2. The van der Waals surface area contributed by atoms with E-state index in [0.717, 1.165) is 26.1 Å². The highest BCUT2D eigenvalue weighted by Crippen LogP contribution is 2.10. The quantitative estimate of drug-likeness (QED) is 0.557. The molecule has 0 radical (unpaired) electrons. The first kappa shape index (κ1) is 8.97. The molecule has 2 heterocycles. The lowest BCUT2D eigenvalue weighted by atomic mass is 10.1. The molecule has 2 N–H and O–H groups in total. The second-order valence-corrected chi connectivity index (χ2v) is 3.90. The summed E-state index contributed by atoms with van der Waals surface area (Å²) >= 11 is 0. The first-order valence-electron chi connectivity index (χ1n) is 5.03. The molecule has 0 spiro atoms. The fourth-order valence-electron chi connectivity index (χ4n) is 2.07. The van der Waals surface area contributed by atoms with Crippen LogP contribution in [0.1, 0.15) is 13.3 Å². The number of hydrogen-bond donors (Lipinski definition) is 2. The Bertz CT molecular complexity index is 207. The largest absolute Gasteiger partial charge is 0.353 e. The lowest BCUT2D eigenvalue weighted by Gasteiger charge is -2.42. The Balaban J connectivity index is 1.95. The van der Waals surface area contributed by atoms with E-state index in [4.69, 9.17) is 0 Å². The monoisotopic (exact) mass is 183 g/mol. The molecule has 2 fully saturated rings. The third-order valence-corrected chi connectivity index (χ3v) is 2.99. The Kier molecular flexibility index (Phi) is 2.51. The van der Waals surface area contributed by atoms with Gasteiger partial charge in [0.1, 0.15) is 0 Å². The van der Waals surface area contributed by atoms with Crippen LogP contribution in [0.5, 0.6) is 0 Å². The minimum atomic E-state index is 0.174. The number of fused-ring (bicyclic) bond motifs is 1. The van der Waals surface area contributed by atoms with Gasteiger partial charge < -0.3 is 10.6 Å². The summed E-state index contributed by atoms with van der Waals surface area (Å²) in [6, 6.07) is 1.09. The van der Waals surface area contributed by atoms with Gasteiger partial charge in [0.25, 0.3) is 0 Å². The van der Waals surface area contributed by atoms with E-state index in [-0.39, 0.29) is 5.91 Å². The first-order chi connectivity index (χ1) is 6.29. The number of carbonyl (C=O) groups is 1. The second kappa shape index (κ2) is 3.64. The smallest absolute Gasteiger partial charge is 0.234 e. The highest BCUT2D eigenvalue weighted by atomic mass is 16.2. The van der Waals surface area contributed by atoms with E-state index < -0.39 is 0 Å². The highest BCUT2D eigenvalue weighted by molar-refractivity contribution is 5.78. The van der Waals surface area contributed by atoms with Gasteiger partial charge in [-0.3, -0.25) is 9.69 Å². The number of piperazine rings is 2. The summed E-state index contributed by atoms with van der Waals surface area (Å²) in [7, 11) is 0. The molecule has 0 aliphatic carbocycles. The van der Waals surface area contributed by atoms with Crippen molar-refractivity contribution in [3.8, 4) is 0 Å². The number of hydrogen-bond acceptors (Lipinski definition) is 3. The van der Waals surface area contributed by atoms with Crippen LogP contribution >= 0.6 is 0 Å². The zero-order chi connectivity index (χ0) is 9.26. The summed E-state index contributed by atoms with van der Waals surface area (Å²) in [5.74, 6) is 0.174. The number of nitrogens with zero attached hydrogens (tertiary/aromatic N) is 1. The van der Waals surface area contributed by atoms with E-state index in [0.29, 0.717) is 18.6 Å². The van der Waals surface area contributed by atoms with E-state index in [1.807, 2.05) is 0 Å². The molecule has 2 unspecified atom stereocenters. The Morgan fingerprint density at radius 3 is 3.15 bits per heavy atom. The molecule has 74 valence electrons. The maximum Gasteiger partial charge on any atom is 0.234 e. The van der Waals surface area contributed by atoms with E-state index in [2.05, 4.69) is 22.5 Å². The summed E-state index contributed by atoms with van der Waals surface area (Å²) < 4.78 is 0. The van der Waals surface area contributed by atoms with Gasteiger partial charge in [0.2, 0.25) is 5.91 Å². The van der Waals surface area contributed by atoms with Crippen LogP contribution in [-0.4, -0.2) is 49.1 Å². The first-order valence-corrected chi connectivity index (χ1v) is 5.03. The van der Waals surface area contributed by atoms with Crippen molar-refractivity contribution in [1.29, 1.82) is 0 Å². The lowest BCUT2D eigenvalue weighted by Crippen LogP contribution is -2.64. The van der Waals surface area contributed by atoms with Gasteiger partial charge in [-0.25, -0.2) is 0 Å². The van der Waals surface area contributed by atoms with E-state index in [1.54, 1.807) is 0 Å². The Morgan fingerprint density at radius 2 is 2.38 bits per heavy atom. The zero-order valence-corrected chi connectivity index (χ0v) is 8.05. The normalized spacial score (nSPS) is 35.3. The lowest BCUT2D eigenvalue weighted by molar-refractivity contribution is -0.126. The molecule has 2 rings (SSSR count). The summed E-state index contributed by atoms with van der Waals surface area (Å²) in [5, 5.41) is 6.38. The summed E-state index contributed by atoms with van der Waals surface area (Å²) in [5.41, 5.74) is 0. The van der Waals surface area contributed by atoms with Gasteiger partial charge in [0.15, 0.2) is 0 Å². The number of amides is 1. The predicted molar refractivity (Wildman–Crippen MR) is 50.5 cm³/mol. The molecule has 0 aromatic carbocycles. The van der Waals surface area contributed by atoms with Gasteiger partial charge >= 0.3 is 0 Å². The van der Waals surface area contributed by atoms with Gasteiger partial charge in [-0.05, 0) is 6.42 Å². The van der Waals surface area contributed by atoms with Crippen LogP contribution in [0.2, 0.25) is 0 Å². The van der Waals surface area contributed by atoms with Gasteiger partial charge in [0.05, 0.1) is 6.54 Å². The molecule has 0 bridgehead atoms. The van der Waals surface area contributed by atoms with Gasteiger partial charge in [0, 0.05) is 31.7 Å². The fourth-order valence-corrected chi connectivity index (χ4v) is 2.07. The van der Waals surface area contributed by atoms with E-state index >= 15 is 0 Å². The van der Waals surface area contributed by atoms with Crippen molar-refractivity contribution in [3.63, 3.8) is 0 Å². The van der Waals surface area contributed by atoms with Crippen molar-refractivity contribution in [2.75, 3.05) is 26.2 Å². The van der Waals surface area contributed by atoms with Crippen molar-refractivity contribution >= 4 is 5.91 Å².